The molecule has 1 nitrogen and oxygen atoms in total. The number of hydrogen-bond donors (Lipinski definition) is 1. The molecule has 0 heterocycles. The fraction of sp³-hybridized carbons (Fsp3) is 0.200. The van der Waals surface area contributed by atoms with E-state index in [4.69, 9.17) is 0 Å². The highest BCUT2D eigenvalue weighted by Gasteiger charge is 2.35. The summed E-state index contributed by atoms with van der Waals surface area (Å²) in [6.07, 6.45) is 0. The molecule has 4 aromatic carbocycles. The molecular formula is C30H29N. The fourth-order valence-electron chi connectivity index (χ4n) is 4.94. The Bertz CT molecular complexity index is 1230. The van der Waals surface area contributed by atoms with Crippen LogP contribution >= 0.6 is 0 Å². The molecule has 1 N–H and O–H groups in total. The molecule has 0 fully saturated rings. The van der Waals surface area contributed by atoms with Crippen molar-refractivity contribution in [1.29, 1.82) is 0 Å². The lowest BCUT2D eigenvalue weighted by Gasteiger charge is -2.26. The molecular weight excluding hydrogens is 374 g/mol. The Morgan fingerprint density at radius 3 is 1.90 bits per heavy atom. The molecule has 0 spiro atoms. The average Bonchev–Trinajstić information content (AvgIpc) is 3.02. The summed E-state index contributed by atoms with van der Waals surface area (Å²) in [5.74, 6) is 0. The summed E-state index contributed by atoms with van der Waals surface area (Å²) in [6, 6.07) is 35.1. The van der Waals surface area contributed by atoms with Crippen LogP contribution < -0.4 is 5.32 Å². The first-order valence-corrected chi connectivity index (χ1v) is 11.0. The summed E-state index contributed by atoms with van der Waals surface area (Å²) in [5.41, 5.74) is 10.4. The van der Waals surface area contributed by atoms with Gasteiger partial charge in [-0.2, -0.15) is 0 Å². The second-order valence-corrected chi connectivity index (χ2v) is 9.62. The van der Waals surface area contributed by atoms with Crippen molar-refractivity contribution in [3.63, 3.8) is 0 Å². The lowest BCUT2D eigenvalue weighted by atomic mass is 9.78. The van der Waals surface area contributed by atoms with E-state index < -0.39 is 0 Å². The first-order valence-electron chi connectivity index (χ1n) is 11.0. The molecule has 0 bridgehead atoms. The van der Waals surface area contributed by atoms with Crippen LogP contribution in [0.5, 0.6) is 0 Å². The van der Waals surface area contributed by atoms with E-state index in [0.29, 0.717) is 0 Å². The predicted octanol–water partition coefficient (Wildman–Crippen LogP) is 8.06. The van der Waals surface area contributed by atoms with Gasteiger partial charge in [0.25, 0.3) is 0 Å². The van der Waals surface area contributed by atoms with Crippen molar-refractivity contribution in [2.24, 2.45) is 0 Å². The summed E-state index contributed by atoms with van der Waals surface area (Å²) in [7, 11) is 0. The minimum absolute atomic E-state index is 0.0210. The van der Waals surface area contributed by atoms with Crippen molar-refractivity contribution in [2.75, 3.05) is 5.32 Å². The summed E-state index contributed by atoms with van der Waals surface area (Å²) >= 11 is 0. The zero-order valence-electron chi connectivity index (χ0n) is 18.7. The number of fused-ring (bicyclic) bond motifs is 3. The summed E-state index contributed by atoms with van der Waals surface area (Å²) in [5, 5.41) is 3.62. The number of rotatable bonds is 4. The Morgan fingerprint density at radius 1 is 0.581 bits per heavy atom. The summed E-state index contributed by atoms with van der Waals surface area (Å²) in [6.45, 7) is 9.21. The smallest absolute Gasteiger partial charge is 0.0387 e. The maximum absolute atomic E-state index is 3.62. The van der Waals surface area contributed by atoms with Crippen molar-refractivity contribution in [3.05, 3.63) is 119 Å². The fourth-order valence-corrected chi connectivity index (χ4v) is 4.94. The Hall–Kier alpha value is -3.32. The molecule has 0 radical (unpaired) electrons. The number of benzene rings is 4. The summed E-state index contributed by atoms with van der Waals surface area (Å²) < 4.78 is 0. The van der Waals surface area contributed by atoms with Gasteiger partial charge in [0.15, 0.2) is 0 Å². The van der Waals surface area contributed by atoms with Gasteiger partial charge in [-0.25, -0.2) is 0 Å². The minimum Gasteiger partial charge on any atom is -0.356 e. The van der Waals surface area contributed by atoms with E-state index in [1.54, 1.807) is 0 Å². The van der Waals surface area contributed by atoms with Gasteiger partial charge >= 0.3 is 0 Å². The standard InChI is InChI=1S/C30H29N/c1-29(2,21-10-6-5-7-11-21)22-14-16-23(17-15-22)31-24-18-19-26-25-12-8-9-13-27(25)30(3,4)28(26)20-24/h5-20,31H,1-4H3. The third kappa shape index (κ3) is 3.25. The second kappa shape index (κ2) is 7.13. The number of hydrogen-bond acceptors (Lipinski definition) is 1. The van der Waals surface area contributed by atoms with Gasteiger partial charge in [-0.15, -0.1) is 0 Å². The highest BCUT2D eigenvalue weighted by molar-refractivity contribution is 5.82. The third-order valence-corrected chi connectivity index (χ3v) is 6.97. The van der Waals surface area contributed by atoms with E-state index in [1.165, 1.54) is 33.4 Å². The number of anilines is 2. The molecule has 4 aromatic rings. The Labute approximate surface area is 185 Å². The van der Waals surface area contributed by atoms with Gasteiger partial charge in [0.2, 0.25) is 0 Å². The van der Waals surface area contributed by atoms with E-state index in [1.807, 2.05) is 0 Å². The zero-order chi connectivity index (χ0) is 21.6. The molecule has 1 heteroatoms. The topological polar surface area (TPSA) is 12.0 Å². The second-order valence-electron chi connectivity index (χ2n) is 9.62. The van der Waals surface area contributed by atoms with E-state index in [9.17, 15) is 0 Å². The van der Waals surface area contributed by atoms with E-state index in [-0.39, 0.29) is 10.8 Å². The van der Waals surface area contributed by atoms with Gasteiger partial charge in [0.05, 0.1) is 0 Å². The first kappa shape index (κ1) is 19.6. The van der Waals surface area contributed by atoms with Crippen LogP contribution in [0.2, 0.25) is 0 Å². The molecule has 0 atom stereocenters. The van der Waals surface area contributed by atoms with Crippen LogP contribution in [0.1, 0.15) is 49.9 Å². The van der Waals surface area contributed by atoms with Crippen LogP contribution in [-0.2, 0) is 10.8 Å². The van der Waals surface area contributed by atoms with Gasteiger partial charge in [0, 0.05) is 22.2 Å². The molecule has 0 saturated carbocycles. The molecule has 0 aromatic heterocycles. The van der Waals surface area contributed by atoms with Crippen LogP contribution in [0, 0.1) is 0 Å². The Morgan fingerprint density at radius 2 is 1.16 bits per heavy atom. The molecule has 0 unspecified atom stereocenters. The minimum atomic E-state index is -0.0246. The van der Waals surface area contributed by atoms with Crippen molar-refractivity contribution in [2.45, 2.75) is 38.5 Å². The molecule has 1 aliphatic rings. The average molecular weight is 404 g/mol. The molecule has 0 aliphatic heterocycles. The molecule has 0 amide bonds. The first-order chi connectivity index (χ1) is 14.9. The SMILES string of the molecule is CC(C)(c1ccccc1)c1ccc(Nc2ccc3c(c2)C(C)(C)c2ccccc2-3)cc1. The van der Waals surface area contributed by atoms with Gasteiger partial charge in [-0.1, -0.05) is 100 Å². The maximum atomic E-state index is 3.62. The van der Waals surface area contributed by atoms with Crippen LogP contribution in [0.25, 0.3) is 11.1 Å². The van der Waals surface area contributed by atoms with Crippen molar-refractivity contribution in [3.8, 4) is 11.1 Å². The van der Waals surface area contributed by atoms with Crippen LogP contribution in [0.3, 0.4) is 0 Å². The quantitative estimate of drug-likeness (QED) is 0.363. The Balaban J connectivity index is 1.41. The monoisotopic (exact) mass is 403 g/mol. The zero-order valence-corrected chi connectivity index (χ0v) is 18.7. The highest BCUT2D eigenvalue weighted by Crippen LogP contribution is 2.49. The summed E-state index contributed by atoms with van der Waals surface area (Å²) in [4.78, 5) is 0. The maximum Gasteiger partial charge on any atom is 0.0387 e. The largest absolute Gasteiger partial charge is 0.356 e. The normalized spacial score (nSPS) is 14.1. The van der Waals surface area contributed by atoms with Crippen LogP contribution in [0.15, 0.2) is 97.1 Å². The van der Waals surface area contributed by atoms with E-state index in [0.717, 1.165) is 11.4 Å². The van der Waals surface area contributed by atoms with Crippen molar-refractivity contribution < 1.29 is 0 Å². The molecule has 31 heavy (non-hydrogen) atoms. The van der Waals surface area contributed by atoms with Gasteiger partial charge < -0.3 is 5.32 Å². The molecule has 0 saturated heterocycles. The third-order valence-electron chi connectivity index (χ3n) is 6.97. The lowest BCUT2D eigenvalue weighted by Crippen LogP contribution is -2.18. The van der Waals surface area contributed by atoms with Crippen molar-refractivity contribution >= 4 is 11.4 Å². The number of nitrogens with one attached hydrogen (secondary N) is 1. The van der Waals surface area contributed by atoms with Crippen LogP contribution in [0.4, 0.5) is 11.4 Å². The predicted molar refractivity (Wildman–Crippen MR) is 132 cm³/mol. The molecule has 1 aliphatic carbocycles. The van der Waals surface area contributed by atoms with E-state index >= 15 is 0 Å². The molecule has 5 rings (SSSR count). The lowest BCUT2D eigenvalue weighted by molar-refractivity contribution is 0.641. The van der Waals surface area contributed by atoms with Crippen molar-refractivity contribution in [1.82, 2.24) is 0 Å². The van der Waals surface area contributed by atoms with E-state index in [2.05, 4.69) is 130 Å². The molecule has 154 valence electrons. The van der Waals surface area contributed by atoms with Gasteiger partial charge in [0.1, 0.15) is 0 Å². The highest BCUT2D eigenvalue weighted by atomic mass is 14.9. The Kier molecular flexibility index (Phi) is 4.51. The van der Waals surface area contributed by atoms with Gasteiger partial charge in [-0.3, -0.25) is 0 Å². The van der Waals surface area contributed by atoms with Gasteiger partial charge in [-0.05, 0) is 57.6 Å². The van der Waals surface area contributed by atoms with Crippen LogP contribution in [-0.4, -0.2) is 0 Å².